The predicted octanol–water partition coefficient (Wildman–Crippen LogP) is 3.18. The molecule has 2 aliphatic rings. The molecule has 0 aromatic heterocycles. The summed E-state index contributed by atoms with van der Waals surface area (Å²) in [5.74, 6) is 1.80. The van der Waals surface area contributed by atoms with Crippen LogP contribution in [0.4, 0.5) is 5.69 Å². The molecule has 2 aliphatic heterocycles. The van der Waals surface area contributed by atoms with Crippen molar-refractivity contribution in [2.45, 2.75) is 25.8 Å². The molecule has 1 fully saturated rings. The van der Waals surface area contributed by atoms with E-state index in [1.54, 1.807) is 21.3 Å². The Labute approximate surface area is 178 Å². The number of hydrogen-bond donors (Lipinski definition) is 1. The van der Waals surface area contributed by atoms with E-state index in [1.165, 1.54) is 30.6 Å². The van der Waals surface area contributed by atoms with Gasteiger partial charge in [-0.15, -0.1) is 0 Å². The zero-order valence-corrected chi connectivity index (χ0v) is 18.1. The van der Waals surface area contributed by atoms with Crippen LogP contribution in [0.1, 0.15) is 23.1 Å². The van der Waals surface area contributed by atoms with Gasteiger partial charge in [-0.25, -0.2) is 0 Å². The molecule has 7 nitrogen and oxygen atoms in total. The van der Waals surface area contributed by atoms with E-state index < -0.39 is 0 Å². The standard InChI is InChI=1S/C23H30N4O3/c1-26(14-16-7-5-8-17(11-16)15-27-9-6-10-27)23-24-13-18-19(25-23)12-20(28-2)22(30-4)21(18)29-3/h5,7-8,11-13,23,25H,6,9-10,14-15H2,1-4H3. The third-order valence-electron chi connectivity index (χ3n) is 5.69. The average molecular weight is 411 g/mol. The molecule has 1 atom stereocenters. The number of rotatable bonds is 8. The molecule has 0 amide bonds. The van der Waals surface area contributed by atoms with Gasteiger partial charge in [0.05, 0.1) is 32.6 Å². The quantitative estimate of drug-likeness (QED) is 0.721. The molecule has 1 saturated heterocycles. The summed E-state index contributed by atoms with van der Waals surface area (Å²) in [6, 6.07) is 10.8. The molecule has 0 saturated carbocycles. The lowest BCUT2D eigenvalue weighted by atomic mass is 10.1. The fourth-order valence-corrected chi connectivity index (χ4v) is 3.97. The summed E-state index contributed by atoms with van der Waals surface area (Å²) in [7, 11) is 6.92. The monoisotopic (exact) mass is 410 g/mol. The van der Waals surface area contributed by atoms with E-state index in [1.807, 2.05) is 12.3 Å². The van der Waals surface area contributed by atoms with Crippen LogP contribution in [-0.2, 0) is 13.1 Å². The molecule has 30 heavy (non-hydrogen) atoms. The van der Waals surface area contributed by atoms with E-state index >= 15 is 0 Å². The number of hydrogen-bond acceptors (Lipinski definition) is 7. The highest BCUT2D eigenvalue weighted by Gasteiger charge is 2.25. The number of methoxy groups -OCH3 is 3. The van der Waals surface area contributed by atoms with E-state index in [0.29, 0.717) is 17.2 Å². The van der Waals surface area contributed by atoms with Crippen molar-refractivity contribution in [1.82, 2.24) is 9.80 Å². The first-order chi connectivity index (χ1) is 14.6. The smallest absolute Gasteiger partial charge is 0.204 e. The Morgan fingerprint density at radius 2 is 1.83 bits per heavy atom. The Hall–Kier alpha value is -2.77. The number of aliphatic imine (C=N–C) groups is 1. The Morgan fingerprint density at radius 3 is 2.50 bits per heavy atom. The summed E-state index contributed by atoms with van der Waals surface area (Å²) in [4.78, 5) is 9.36. The lowest BCUT2D eigenvalue weighted by Crippen LogP contribution is -2.38. The topological polar surface area (TPSA) is 58.6 Å². The first-order valence-corrected chi connectivity index (χ1v) is 10.3. The van der Waals surface area contributed by atoms with Crippen molar-refractivity contribution >= 4 is 11.9 Å². The SMILES string of the molecule is COc1cc2c(c(OC)c1OC)C=NC(N(C)Cc1cccc(CN3CCC3)c1)N2. The van der Waals surface area contributed by atoms with Gasteiger partial charge in [0.15, 0.2) is 17.8 Å². The van der Waals surface area contributed by atoms with E-state index in [0.717, 1.165) is 24.3 Å². The fourth-order valence-electron chi connectivity index (χ4n) is 3.97. The zero-order chi connectivity index (χ0) is 21.1. The minimum Gasteiger partial charge on any atom is -0.493 e. The Kier molecular flexibility index (Phi) is 6.11. The number of anilines is 1. The van der Waals surface area contributed by atoms with Crippen molar-refractivity contribution in [3.8, 4) is 17.2 Å². The average Bonchev–Trinajstić information content (AvgIpc) is 2.74. The summed E-state index contributed by atoms with van der Waals surface area (Å²) in [6.07, 6.45) is 2.98. The first-order valence-electron chi connectivity index (χ1n) is 10.3. The Balaban J connectivity index is 1.49. The van der Waals surface area contributed by atoms with Crippen LogP contribution in [0.3, 0.4) is 0 Å². The van der Waals surface area contributed by atoms with E-state index in [9.17, 15) is 0 Å². The van der Waals surface area contributed by atoms with Gasteiger partial charge >= 0.3 is 0 Å². The molecule has 0 bridgehead atoms. The predicted molar refractivity (Wildman–Crippen MR) is 119 cm³/mol. The molecular weight excluding hydrogens is 380 g/mol. The maximum Gasteiger partial charge on any atom is 0.204 e. The maximum absolute atomic E-state index is 5.57. The van der Waals surface area contributed by atoms with Crippen molar-refractivity contribution in [3.05, 3.63) is 47.0 Å². The third-order valence-corrected chi connectivity index (χ3v) is 5.69. The van der Waals surface area contributed by atoms with E-state index in [2.05, 4.69) is 46.4 Å². The number of likely N-dealkylation sites (tertiary alicyclic amines) is 1. The molecule has 2 aromatic carbocycles. The zero-order valence-electron chi connectivity index (χ0n) is 18.1. The molecule has 2 aromatic rings. The van der Waals surface area contributed by atoms with Crippen LogP contribution in [0.2, 0.25) is 0 Å². The fraction of sp³-hybridized carbons (Fsp3) is 0.435. The van der Waals surface area contributed by atoms with Gasteiger partial charge in [-0.2, -0.15) is 0 Å². The number of nitrogens with zero attached hydrogens (tertiary/aromatic N) is 3. The second kappa shape index (κ2) is 8.93. The first kappa shape index (κ1) is 20.5. The van der Waals surface area contributed by atoms with Crippen molar-refractivity contribution in [2.24, 2.45) is 4.99 Å². The van der Waals surface area contributed by atoms with Crippen molar-refractivity contribution in [1.29, 1.82) is 0 Å². The summed E-state index contributed by atoms with van der Waals surface area (Å²) in [6.45, 7) is 4.25. The Bertz CT molecular complexity index is 927. The molecule has 7 heteroatoms. The molecular formula is C23H30N4O3. The molecule has 160 valence electrons. The normalized spacial score (nSPS) is 17.8. The third kappa shape index (κ3) is 4.08. The number of benzene rings is 2. The van der Waals surface area contributed by atoms with Gasteiger partial charge in [-0.05, 0) is 37.7 Å². The molecule has 2 heterocycles. The van der Waals surface area contributed by atoms with Crippen LogP contribution in [0.25, 0.3) is 0 Å². The second-order valence-corrected chi connectivity index (χ2v) is 7.77. The molecule has 1 unspecified atom stereocenters. The Morgan fingerprint density at radius 1 is 1.07 bits per heavy atom. The highest BCUT2D eigenvalue weighted by atomic mass is 16.5. The second-order valence-electron chi connectivity index (χ2n) is 7.77. The van der Waals surface area contributed by atoms with Gasteiger partial charge in [-0.3, -0.25) is 14.8 Å². The molecule has 0 spiro atoms. The van der Waals surface area contributed by atoms with Crippen molar-refractivity contribution < 1.29 is 14.2 Å². The van der Waals surface area contributed by atoms with Crippen LogP contribution in [-0.4, -0.2) is 63.8 Å². The van der Waals surface area contributed by atoms with Gasteiger partial charge in [-0.1, -0.05) is 24.3 Å². The minimum absolute atomic E-state index is 0.181. The summed E-state index contributed by atoms with van der Waals surface area (Å²) >= 11 is 0. The lowest BCUT2D eigenvalue weighted by Gasteiger charge is -2.32. The largest absolute Gasteiger partial charge is 0.493 e. The van der Waals surface area contributed by atoms with E-state index in [-0.39, 0.29) is 6.29 Å². The summed E-state index contributed by atoms with van der Waals surface area (Å²) in [5.41, 5.74) is 4.41. The van der Waals surface area contributed by atoms with Crippen molar-refractivity contribution in [2.75, 3.05) is 46.8 Å². The van der Waals surface area contributed by atoms with Crippen LogP contribution in [0, 0.1) is 0 Å². The van der Waals surface area contributed by atoms with Crippen LogP contribution < -0.4 is 19.5 Å². The number of ether oxygens (including phenoxy) is 3. The van der Waals surface area contributed by atoms with Crippen LogP contribution in [0.15, 0.2) is 35.3 Å². The van der Waals surface area contributed by atoms with Crippen LogP contribution in [0.5, 0.6) is 17.2 Å². The summed E-state index contributed by atoms with van der Waals surface area (Å²) in [5, 5.41) is 3.49. The van der Waals surface area contributed by atoms with Gasteiger partial charge < -0.3 is 19.5 Å². The van der Waals surface area contributed by atoms with Gasteiger partial charge in [0.25, 0.3) is 0 Å². The molecule has 1 N–H and O–H groups in total. The molecule has 0 aliphatic carbocycles. The van der Waals surface area contributed by atoms with Crippen molar-refractivity contribution in [3.63, 3.8) is 0 Å². The molecule has 4 rings (SSSR count). The van der Waals surface area contributed by atoms with Gasteiger partial charge in [0.2, 0.25) is 5.75 Å². The number of fused-ring (bicyclic) bond motifs is 1. The van der Waals surface area contributed by atoms with Gasteiger partial charge in [0, 0.05) is 25.4 Å². The minimum atomic E-state index is -0.181. The maximum atomic E-state index is 5.57. The molecule has 0 radical (unpaired) electrons. The number of nitrogens with one attached hydrogen (secondary N) is 1. The highest BCUT2D eigenvalue weighted by Crippen LogP contribution is 2.44. The lowest BCUT2D eigenvalue weighted by molar-refractivity contribution is 0.172. The van der Waals surface area contributed by atoms with Crippen LogP contribution >= 0.6 is 0 Å². The van der Waals surface area contributed by atoms with E-state index in [4.69, 9.17) is 19.2 Å². The summed E-state index contributed by atoms with van der Waals surface area (Å²) < 4.78 is 16.5. The highest BCUT2D eigenvalue weighted by molar-refractivity contribution is 5.95. The van der Waals surface area contributed by atoms with Gasteiger partial charge in [0.1, 0.15) is 0 Å².